The Morgan fingerprint density at radius 3 is 2.09 bits per heavy atom. The zero-order chi connectivity index (χ0) is 15.3. The first-order chi connectivity index (χ1) is 10.7. The van der Waals surface area contributed by atoms with Crippen LogP contribution in [0.15, 0.2) is 60.7 Å². The van der Waals surface area contributed by atoms with Gasteiger partial charge in [-0.15, -0.1) is 0 Å². The lowest BCUT2D eigenvalue weighted by Gasteiger charge is -2.29. The Bertz CT molecular complexity index is 853. The van der Waals surface area contributed by atoms with Gasteiger partial charge in [-0.1, -0.05) is 36.4 Å². The number of para-hydroxylation sites is 2. The third-order valence-corrected chi connectivity index (χ3v) is 4.78. The van der Waals surface area contributed by atoms with Gasteiger partial charge in [0.2, 0.25) is 0 Å². The van der Waals surface area contributed by atoms with E-state index in [1.807, 2.05) is 0 Å². The van der Waals surface area contributed by atoms with Gasteiger partial charge in [-0.25, -0.2) is 0 Å². The molecule has 0 spiro atoms. The molecule has 0 saturated carbocycles. The van der Waals surface area contributed by atoms with Gasteiger partial charge in [0.05, 0.1) is 11.4 Å². The first kappa shape index (κ1) is 13.2. The van der Waals surface area contributed by atoms with Gasteiger partial charge in [-0.2, -0.15) is 0 Å². The van der Waals surface area contributed by atoms with Crippen LogP contribution in [0.1, 0.15) is 12.5 Å². The summed E-state index contributed by atoms with van der Waals surface area (Å²) in [5.74, 6) is 0. The summed E-state index contributed by atoms with van der Waals surface area (Å²) in [6.07, 6.45) is 0.317. The molecule has 0 aliphatic carbocycles. The maximum atomic E-state index is 2.44. The molecule has 3 aromatic carbocycles. The van der Waals surface area contributed by atoms with Crippen molar-refractivity contribution in [2.24, 2.45) is 0 Å². The molecule has 110 valence electrons. The van der Waals surface area contributed by atoms with Crippen LogP contribution in [0.25, 0.3) is 10.8 Å². The van der Waals surface area contributed by atoms with Crippen molar-refractivity contribution in [3.8, 4) is 0 Å². The van der Waals surface area contributed by atoms with Crippen LogP contribution in [-0.4, -0.2) is 13.2 Å². The second-order valence-corrected chi connectivity index (χ2v) is 6.09. The molecule has 0 aromatic heterocycles. The summed E-state index contributed by atoms with van der Waals surface area (Å²) in [4.78, 5) is 4.78. The molecule has 1 atom stereocenters. The maximum Gasteiger partial charge on any atom is 0.103 e. The number of anilines is 3. The molecule has 1 heterocycles. The molecular formula is C20H20N2. The molecule has 4 rings (SSSR count). The summed E-state index contributed by atoms with van der Waals surface area (Å²) in [5.41, 5.74) is 5.19. The fourth-order valence-corrected chi connectivity index (χ4v) is 3.47. The maximum absolute atomic E-state index is 2.44. The van der Waals surface area contributed by atoms with E-state index in [2.05, 4.69) is 91.4 Å². The molecule has 3 aromatic rings. The van der Waals surface area contributed by atoms with Gasteiger partial charge in [0, 0.05) is 12.7 Å². The standard InChI is InChI=1S/C20H20N2/c1-14-12-16-8-4-5-9-17(16)13-20(14)22-15(2)21(3)18-10-6-7-11-19(18)22/h4-13,15H,1-3H3/t15-/m0/s1. The van der Waals surface area contributed by atoms with Gasteiger partial charge >= 0.3 is 0 Å². The van der Waals surface area contributed by atoms with Gasteiger partial charge in [-0.05, 0) is 54.4 Å². The van der Waals surface area contributed by atoms with E-state index in [0.717, 1.165) is 0 Å². The van der Waals surface area contributed by atoms with Gasteiger partial charge < -0.3 is 9.80 Å². The highest BCUT2D eigenvalue weighted by molar-refractivity contribution is 5.91. The average Bonchev–Trinajstić information content (AvgIpc) is 2.79. The SMILES string of the molecule is Cc1cc2ccccc2cc1N1c2ccccc2N(C)[C@@H]1C. The van der Waals surface area contributed by atoms with Crippen molar-refractivity contribution >= 4 is 27.8 Å². The van der Waals surface area contributed by atoms with Crippen molar-refractivity contribution < 1.29 is 0 Å². The normalized spacial score (nSPS) is 17.1. The lowest BCUT2D eigenvalue weighted by atomic mass is 10.0. The fraction of sp³-hybridized carbons (Fsp3) is 0.200. The second-order valence-electron chi connectivity index (χ2n) is 6.09. The van der Waals surface area contributed by atoms with Crippen molar-refractivity contribution in [1.29, 1.82) is 0 Å². The lowest BCUT2D eigenvalue weighted by molar-refractivity contribution is 0.733. The average molecular weight is 288 g/mol. The molecule has 2 heteroatoms. The predicted octanol–water partition coefficient (Wildman–Crippen LogP) is 5.08. The minimum absolute atomic E-state index is 0.317. The minimum atomic E-state index is 0.317. The number of nitrogens with zero attached hydrogens (tertiary/aromatic N) is 2. The van der Waals surface area contributed by atoms with Crippen LogP contribution < -0.4 is 9.80 Å². The van der Waals surface area contributed by atoms with Crippen LogP contribution in [0.5, 0.6) is 0 Å². The van der Waals surface area contributed by atoms with E-state index in [0.29, 0.717) is 6.17 Å². The van der Waals surface area contributed by atoms with Crippen LogP contribution in [-0.2, 0) is 0 Å². The van der Waals surface area contributed by atoms with Gasteiger partial charge in [0.15, 0.2) is 0 Å². The molecule has 0 unspecified atom stereocenters. The third-order valence-electron chi connectivity index (χ3n) is 4.78. The molecule has 0 amide bonds. The highest BCUT2D eigenvalue weighted by Gasteiger charge is 2.31. The van der Waals surface area contributed by atoms with Crippen molar-refractivity contribution in [3.05, 3.63) is 66.2 Å². The van der Waals surface area contributed by atoms with Crippen LogP contribution in [0.2, 0.25) is 0 Å². The molecular weight excluding hydrogens is 268 g/mol. The predicted molar refractivity (Wildman–Crippen MR) is 95.1 cm³/mol. The zero-order valence-corrected chi connectivity index (χ0v) is 13.2. The summed E-state index contributed by atoms with van der Waals surface area (Å²) < 4.78 is 0. The molecule has 0 N–H and O–H groups in total. The summed E-state index contributed by atoms with van der Waals surface area (Å²) in [7, 11) is 2.17. The van der Waals surface area contributed by atoms with Crippen LogP contribution in [0.3, 0.4) is 0 Å². The van der Waals surface area contributed by atoms with E-state index in [1.54, 1.807) is 0 Å². The number of hydrogen-bond donors (Lipinski definition) is 0. The van der Waals surface area contributed by atoms with Gasteiger partial charge in [0.1, 0.15) is 6.17 Å². The van der Waals surface area contributed by atoms with Crippen LogP contribution >= 0.6 is 0 Å². The van der Waals surface area contributed by atoms with Crippen LogP contribution in [0.4, 0.5) is 17.1 Å². The Balaban J connectivity index is 1.93. The Kier molecular flexibility index (Phi) is 2.86. The van der Waals surface area contributed by atoms with E-state index in [1.165, 1.54) is 33.4 Å². The highest BCUT2D eigenvalue weighted by Crippen LogP contribution is 2.44. The topological polar surface area (TPSA) is 6.48 Å². The molecule has 1 aliphatic heterocycles. The van der Waals surface area contributed by atoms with Crippen molar-refractivity contribution in [3.63, 3.8) is 0 Å². The monoisotopic (exact) mass is 288 g/mol. The summed E-state index contributed by atoms with van der Waals surface area (Å²) in [5, 5.41) is 2.60. The number of rotatable bonds is 1. The number of hydrogen-bond acceptors (Lipinski definition) is 2. The summed E-state index contributed by atoms with van der Waals surface area (Å²) in [6.45, 7) is 4.46. The van der Waals surface area contributed by atoms with E-state index < -0.39 is 0 Å². The van der Waals surface area contributed by atoms with E-state index >= 15 is 0 Å². The number of fused-ring (bicyclic) bond motifs is 2. The molecule has 0 saturated heterocycles. The van der Waals surface area contributed by atoms with Gasteiger partial charge in [0.25, 0.3) is 0 Å². The van der Waals surface area contributed by atoms with E-state index in [9.17, 15) is 0 Å². The van der Waals surface area contributed by atoms with Crippen molar-refractivity contribution in [1.82, 2.24) is 0 Å². The number of benzene rings is 3. The molecule has 22 heavy (non-hydrogen) atoms. The molecule has 0 bridgehead atoms. The molecule has 2 nitrogen and oxygen atoms in total. The second kappa shape index (κ2) is 4.77. The summed E-state index contributed by atoms with van der Waals surface area (Å²) in [6, 6.07) is 21.8. The van der Waals surface area contributed by atoms with Crippen molar-refractivity contribution in [2.75, 3.05) is 16.8 Å². The first-order valence-electron chi connectivity index (χ1n) is 7.77. The largest absolute Gasteiger partial charge is 0.353 e. The zero-order valence-electron chi connectivity index (χ0n) is 13.2. The quantitative estimate of drug-likeness (QED) is 0.616. The van der Waals surface area contributed by atoms with E-state index in [4.69, 9.17) is 0 Å². The Labute approximate surface area is 131 Å². The lowest BCUT2D eigenvalue weighted by Crippen LogP contribution is -2.35. The van der Waals surface area contributed by atoms with Crippen LogP contribution in [0, 0.1) is 6.92 Å². The molecule has 0 radical (unpaired) electrons. The molecule has 1 aliphatic rings. The summed E-state index contributed by atoms with van der Waals surface area (Å²) >= 11 is 0. The fourth-order valence-electron chi connectivity index (χ4n) is 3.47. The van der Waals surface area contributed by atoms with E-state index in [-0.39, 0.29) is 0 Å². The third kappa shape index (κ3) is 1.80. The number of aryl methyl sites for hydroxylation is 1. The van der Waals surface area contributed by atoms with Gasteiger partial charge in [-0.3, -0.25) is 0 Å². The van der Waals surface area contributed by atoms with Crippen molar-refractivity contribution in [2.45, 2.75) is 20.0 Å². The molecule has 0 fully saturated rings. The minimum Gasteiger partial charge on any atom is -0.353 e. The Hall–Kier alpha value is -2.48. The Morgan fingerprint density at radius 1 is 0.773 bits per heavy atom. The highest BCUT2D eigenvalue weighted by atomic mass is 15.4. The Morgan fingerprint density at radius 2 is 1.36 bits per heavy atom. The first-order valence-corrected chi connectivity index (χ1v) is 7.77. The smallest absolute Gasteiger partial charge is 0.103 e.